The fourth-order valence-corrected chi connectivity index (χ4v) is 4.13. The second-order valence-corrected chi connectivity index (χ2v) is 9.01. The number of aromatic nitrogens is 2. The lowest BCUT2D eigenvalue weighted by Crippen LogP contribution is -2.32. The van der Waals surface area contributed by atoms with Crippen LogP contribution in [0.2, 0.25) is 0 Å². The molecule has 0 fully saturated rings. The van der Waals surface area contributed by atoms with E-state index in [2.05, 4.69) is 26.2 Å². The van der Waals surface area contributed by atoms with Crippen molar-refractivity contribution in [1.29, 1.82) is 0 Å². The molecule has 8 heteroatoms. The Kier molecular flexibility index (Phi) is 7.10. The van der Waals surface area contributed by atoms with Crippen LogP contribution in [0.1, 0.15) is 19.4 Å². The lowest BCUT2D eigenvalue weighted by Gasteiger charge is -2.17. The molecule has 2 aromatic carbocycles. The average molecular weight is 476 g/mol. The fourth-order valence-electron chi connectivity index (χ4n) is 2.83. The van der Waals surface area contributed by atoms with Gasteiger partial charge in [0.15, 0.2) is 5.16 Å². The Labute approximate surface area is 181 Å². The van der Waals surface area contributed by atoms with Gasteiger partial charge in [0.25, 0.3) is 5.56 Å². The number of thioether (sulfide) groups is 1. The van der Waals surface area contributed by atoms with Gasteiger partial charge in [0.2, 0.25) is 5.91 Å². The third-order valence-electron chi connectivity index (χ3n) is 4.29. The summed E-state index contributed by atoms with van der Waals surface area (Å²) in [5.41, 5.74) is 1.33. The van der Waals surface area contributed by atoms with Crippen LogP contribution in [-0.2, 0) is 17.9 Å². The predicted octanol–water partition coefficient (Wildman–Crippen LogP) is 3.34. The van der Waals surface area contributed by atoms with Gasteiger partial charge in [-0.1, -0.05) is 58.0 Å². The second-order valence-electron chi connectivity index (χ2n) is 6.78. The number of aliphatic hydroxyl groups is 1. The normalized spacial score (nSPS) is 13.2. The number of nitrogens with one attached hydrogen (secondary N) is 1. The van der Waals surface area contributed by atoms with E-state index in [1.54, 1.807) is 26.0 Å². The first-order valence-electron chi connectivity index (χ1n) is 9.21. The smallest absolute Gasteiger partial charge is 0.262 e. The summed E-state index contributed by atoms with van der Waals surface area (Å²) in [6, 6.07) is 15.0. The van der Waals surface area contributed by atoms with Gasteiger partial charge in [-0.3, -0.25) is 14.2 Å². The first-order chi connectivity index (χ1) is 13.8. The molecule has 0 aliphatic heterocycles. The number of hydrogen-bond donors (Lipinski definition) is 2. The van der Waals surface area contributed by atoms with E-state index in [1.165, 1.54) is 16.3 Å². The highest BCUT2D eigenvalue weighted by atomic mass is 79.9. The molecule has 0 radical (unpaired) electrons. The molecule has 2 atom stereocenters. The molecule has 0 unspecified atom stereocenters. The monoisotopic (exact) mass is 475 g/mol. The van der Waals surface area contributed by atoms with E-state index < -0.39 is 11.4 Å². The van der Waals surface area contributed by atoms with E-state index in [0.29, 0.717) is 22.6 Å². The molecule has 0 bridgehead atoms. The summed E-state index contributed by atoms with van der Waals surface area (Å²) in [4.78, 5) is 30.1. The van der Waals surface area contributed by atoms with Crippen LogP contribution in [0.3, 0.4) is 0 Å². The Bertz CT molecular complexity index is 1070. The number of fused-ring (bicyclic) bond motifs is 1. The molecule has 29 heavy (non-hydrogen) atoms. The third-order valence-corrected chi connectivity index (χ3v) is 5.87. The third kappa shape index (κ3) is 5.46. The van der Waals surface area contributed by atoms with Gasteiger partial charge in [-0.25, -0.2) is 4.98 Å². The maximum Gasteiger partial charge on any atom is 0.262 e. The van der Waals surface area contributed by atoms with Gasteiger partial charge in [0.1, 0.15) is 0 Å². The molecule has 152 valence electrons. The van der Waals surface area contributed by atoms with Crippen LogP contribution in [0.4, 0.5) is 0 Å². The minimum absolute atomic E-state index is 0.106. The molecular weight excluding hydrogens is 454 g/mol. The Morgan fingerprint density at radius 1 is 1.24 bits per heavy atom. The molecule has 1 heterocycles. The summed E-state index contributed by atoms with van der Waals surface area (Å²) in [5.74, 6) is -0.146. The van der Waals surface area contributed by atoms with Crippen LogP contribution in [0.15, 0.2) is 63.0 Å². The minimum atomic E-state index is -0.722. The highest BCUT2D eigenvalue weighted by molar-refractivity contribution is 9.10. The highest BCUT2D eigenvalue weighted by Crippen LogP contribution is 2.24. The van der Waals surface area contributed by atoms with Gasteiger partial charge in [-0.15, -0.1) is 0 Å². The van der Waals surface area contributed by atoms with Crippen molar-refractivity contribution >= 4 is 44.5 Å². The zero-order chi connectivity index (χ0) is 21.0. The Balaban J connectivity index is 1.84. The number of aliphatic hydroxyl groups excluding tert-OH is 1. The van der Waals surface area contributed by atoms with Crippen molar-refractivity contribution < 1.29 is 9.90 Å². The molecule has 0 spiro atoms. The Morgan fingerprint density at radius 2 is 1.97 bits per heavy atom. The number of hydrogen-bond acceptors (Lipinski definition) is 5. The molecule has 1 amide bonds. The highest BCUT2D eigenvalue weighted by Gasteiger charge is 2.20. The van der Waals surface area contributed by atoms with E-state index in [4.69, 9.17) is 0 Å². The summed E-state index contributed by atoms with van der Waals surface area (Å²) in [5, 5.41) is 13.2. The molecule has 0 aliphatic rings. The molecule has 0 saturated heterocycles. The number of nitrogens with zero attached hydrogens (tertiary/aromatic N) is 2. The van der Waals surface area contributed by atoms with Crippen LogP contribution in [0.5, 0.6) is 0 Å². The number of rotatable bonds is 7. The van der Waals surface area contributed by atoms with Gasteiger partial charge < -0.3 is 10.4 Å². The summed E-state index contributed by atoms with van der Waals surface area (Å²) >= 11 is 4.58. The van der Waals surface area contributed by atoms with Crippen LogP contribution >= 0.6 is 27.7 Å². The number of amides is 1. The number of halogens is 1. The van der Waals surface area contributed by atoms with E-state index >= 15 is 0 Å². The zero-order valence-corrected chi connectivity index (χ0v) is 18.5. The van der Waals surface area contributed by atoms with Gasteiger partial charge in [-0.05, 0) is 37.6 Å². The standard InChI is InChI=1S/C21H22BrN3O3S/c1-13(26)12-25-20(28)17-10-16(22)8-9-18(17)24-21(25)29-14(2)19(27)23-11-15-6-4-3-5-7-15/h3-10,13-14,26H,11-12H2,1-2H3,(H,23,27)/t13-,14+/m0/s1. The van der Waals surface area contributed by atoms with Gasteiger partial charge in [-0.2, -0.15) is 0 Å². The van der Waals surface area contributed by atoms with Crippen LogP contribution in [0, 0.1) is 0 Å². The lowest BCUT2D eigenvalue weighted by atomic mass is 10.2. The van der Waals surface area contributed by atoms with Gasteiger partial charge in [0, 0.05) is 11.0 Å². The van der Waals surface area contributed by atoms with E-state index in [1.807, 2.05) is 36.4 Å². The first-order valence-corrected chi connectivity index (χ1v) is 10.9. The van der Waals surface area contributed by atoms with Gasteiger partial charge >= 0.3 is 0 Å². The largest absolute Gasteiger partial charge is 0.392 e. The lowest BCUT2D eigenvalue weighted by molar-refractivity contribution is -0.120. The first kappa shape index (κ1) is 21.5. The molecule has 0 saturated carbocycles. The van der Waals surface area contributed by atoms with Crippen LogP contribution in [-0.4, -0.2) is 31.9 Å². The maximum atomic E-state index is 13.0. The van der Waals surface area contributed by atoms with Crippen molar-refractivity contribution in [3.63, 3.8) is 0 Å². The van der Waals surface area contributed by atoms with Crippen molar-refractivity contribution in [3.8, 4) is 0 Å². The second kappa shape index (κ2) is 9.56. The van der Waals surface area contributed by atoms with Crippen LogP contribution < -0.4 is 10.9 Å². The summed E-state index contributed by atoms with van der Waals surface area (Å²) < 4.78 is 2.21. The van der Waals surface area contributed by atoms with Crippen molar-refractivity contribution in [2.24, 2.45) is 0 Å². The molecular formula is C21H22BrN3O3S. The number of benzene rings is 2. The fraction of sp³-hybridized carbons (Fsp3) is 0.286. The van der Waals surface area contributed by atoms with Crippen molar-refractivity contribution in [2.75, 3.05) is 0 Å². The predicted molar refractivity (Wildman–Crippen MR) is 119 cm³/mol. The minimum Gasteiger partial charge on any atom is -0.392 e. The van der Waals surface area contributed by atoms with E-state index in [0.717, 1.165) is 10.0 Å². The number of carbonyl (C=O) groups is 1. The van der Waals surface area contributed by atoms with Crippen molar-refractivity contribution in [2.45, 2.75) is 43.4 Å². The van der Waals surface area contributed by atoms with Crippen LogP contribution in [0.25, 0.3) is 10.9 Å². The molecule has 3 aromatic rings. The molecule has 3 rings (SSSR count). The summed E-state index contributed by atoms with van der Waals surface area (Å²) in [6.45, 7) is 3.93. The number of carbonyl (C=O) groups excluding carboxylic acids is 1. The molecule has 0 aliphatic carbocycles. The summed E-state index contributed by atoms with van der Waals surface area (Å²) in [7, 11) is 0. The zero-order valence-electron chi connectivity index (χ0n) is 16.1. The average Bonchev–Trinajstić information content (AvgIpc) is 2.70. The topological polar surface area (TPSA) is 84.2 Å². The molecule has 6 nitrogen and oxygen atoms in total. The Morgan fingerprint density at radius 3 is 2.66 bits per heavy atom. The summed E-state index contributed by atoms with van der Waals surface area (Å²) in [6.07, 6.45) is -0.722. The Hall–Kier alpha value is -2.16. The molecule has 2 N–H and O–H groups in total. The van der Waals surface area contributed by atoms with E-state index in [-0.39, 0.29) is 18.0 Å². The maximum absolute atomic E-state index is 13.0. The van der Waals surface area contributed by atoms with Crippen molar-refractivity contribution in [3.05, 3.63) is 68.9 Å². The van der Waals surface area contributed by atoms with Gasteiger partial charge in [0.05, 0.1) is 28.8 Å². The SMILES string of the molecule is C[C@H](O)Cn1c(S[C@H](C)C(=O)NCc2ccccc2)nc2ccc(Br)cc2c1=O. The quantitative estimate of drug-likeness (QED) is 0.404. The molecule has 1 aromatic heterocycles. The van der Waals surface area contributed by atoms with Crippen molar-refractivity contribution in [1.82, 2.24) is 14.9 Å². The van der Waals surface area contributed by atoms with E-state index in [9.17, 15) is 14.7 Å².